The van der Waals surface area contributed by atoms with Crippen LogP contribution >= 0.6 is 15.9 Å². The number of hydrogen-bond acceptors (Lipinski definition) is 3. The van der Waals surface area contributed by atoms with Crippen LogP contribution in [0.25, 0.3) is 5.52 Å². The van der Waals surface area contributed by atoms with E-state index in [-0.39, 0.29) is 12.1 Å². The number of pyridine rings is 2. The van der Waals surface area contributed by atoms with Crippen molar-refractivity contribution in [2.75, 3.05) is 6.61 Å². The van der Waals surface area contributed by atoms with E-state index in [1.807, 2.05) is 0 Å². The first-order valence-corrected chi connectivity index (χ1v) is 6.64. The van der Waals surface area contributed by atoms with Crippen molar-refractivity contribution in [1.82, 2.24) is 4.40 Å². The molecule has 2 aromatic heterocycles. The van der Waals surface area contributed by atoms with Crippen molar-refractivity contribution in [3.63, 3.8) is 0 Å². The van der Waals surface area contributed by atoms with Crippen LogP contribution in [0, 0.1) is 0 Å². The first-order chi connectivity index (χ1) is 9.75. The highest BCUT2D eigenvalue weighted by Crippen LogP contribution is 2.32. The predicted molar refractivity (Wildman–Crippen MR) is 72.3 cm³/mol. The Bertz CT molecular complexity index is 768. The molecular weight excluding hydrogens is 355 g/mol. The number of carbonyl (C=O) groups excluding carboxylic acids is 1. The van der Waals surface area contributed by atoms with Crippen LogP contribution < -0.4 is 5.56 Å². The predicted octanol–water partition coefficient (Wildman–Crippen LogP) is 3.26. The lowest BCUT2D eigenvalue weighted by Gasteiger charge is -2.13. The van der Waals surface area contributed by atoms with Gasteiger partial charge >= 0.3 is 12.1 Å². The molecule has 0 fully saturated rings. The van der Waals surface area contributed by atoms with Gasteiger partial charge in [0.2, 0.25) is 0 Å². The van der Waals surface area contributed by atoms with Gasteiger partial charge in [0, 0.05) is 10.7 Å². The molecule has 0 spiro atoms. The molecule has 2 rings (SSSR count). The second-order valence-electron chi connectivity index (χ2n) is 4.10. The van der Waals surface area contributed by atoms with E-state index in [2.05, 4.69) is 20.7 Å². The second-order valence-corrected chi connectivity index (χ2v) is 5.01. The van der Waals surface area contributed by atoms with Crippen molar-refractivity contribution >= 4 is 27.4 Å². The standard InChI is InChI=1S/C13H9BrF3NO3/c1-2-21-12(20)8-5-9(13(15,16)17)10-4-3-7(14)6-18(10)11(8)19/h3-6H,2H2,1H3. The number of ether oxygens (including phenoxy) is 1. The minimum absolute atomic E-state index is 0.0409. The van der Waals surface area contributed by atoms with Gasteiger partial charge in [0.05, 0.1) is 17.7 Å². The van der Waals surface area contributed by atoms with E-state index in [0.717, 1.165) is 10.5 Å². The van der Waals surface area contributed by atoms with Gasteiger partial charge in [-0.05, 0) is 41.1 Å². The molecule has 0 saturated heterocycles. The third-order valence-corrected chi connectivity index (χ3v) is 3.20. The Hall–Kier alpha value is -1.83. The third kappa shape index (κ3) is 2.94. The van der Waals surface area contributed by atoms with Gasteiger partial charge < -0.3 is 4.74 Å². The third-order valence-electron chi connectivity index (χ3n) is 2.73. The Labute approximate surface area is 125 Å². The molecule has 0 aliphatic carbocycles. The summed E-state index contributed by atoms with van der Waals surface area (Å²) in [6, 6.07) is 3.07. The Morgan fingerprint density at radius 1 is 1.38 bits per heavy atom. The Balaban J connectivity index is 2.87. The summed E-state index contributed by atoms with van der Waals surface area (Å²) in [6.07, 6.45) is -3.52. The van der Waals surface area contributed by atoms with Gasteiger partial charge in [0.25, 0.3) is 5.56 Å². The van der Waals surface area contributed by atoms with Crippen molar-refractivity contribution in [3.05, 3.63) is 50.3 Å². The SMILES string of the molecule is CCOC(=O)c1cc(C(F)(F)F)c2ccc(Br)cn2c1=O. The minimum atomic E-state index is -4.70. The molecule has 2 aromatic rings. The zero-order chi connectivity index (χ0) is 15.8. The maximum Gasteiger partial charge on any atom is 0.418 e. The summed E-state index contributed by atoms with van der Waals surface area (Å²) in [5.41, 5.74) is -2.92. The fourth-order valence-electron chi connectivity index (χ4n) is 1.85. The number of hydrogen-bond donors (Lipinski definition) is 0. The monoisotopic (exact) mass is 363 g/mol. The average Bonchev–Trinajstić information content (AvgIpc) is 2.38. The fourth-order valence-corrected chi connectivity index (χ4v) is 2.19. The van der Waals surface area contributed by atoms with E-state index in [1.54, 1.807) is 0 Å². The molecule has 0 saturated carbocycles. The van der Waals surface area contributed by atoms with Crippen LogP contribution in [0.4, 0.5) is 13.2 Å². The molecule has 0 aliphatic heterocycles. The molecule has 8 heteroatoms. The average molecular weight is 364 g/mol. The van der Waals surface area contributed by atoms with Crippen LogP contribution in [0.5, 0.6) is 0 Å². The van der Waals surface area contributed by atoms with Crippen LogP contribution in [-0.2, 0) is 10.9 Å². The van der Waals surface area contributed by atoms with Crippen LogP contribution in [-0.4, -0.2) is 17.0 Å². The number of aromatic nitrogens is 1. The Kier molecular flexibility index (Phi) is 4.08. The van der Waals surface area contributed by atoms with Crippen LogP contribution in [0.15, 0.2) is 33.7 Å². The second kappa shape index (κ2) is 5.51. The van der Waals surface area contributed by atoms with Gasteiger partial charge in [-0.2, -0.15) is 13.2 Å². The zero-order valence-electron chi connectivity index (χ0n) is 10.7. The van der Waals surface area contributed by atoms with E-state index in [9.17, 15) is 22.8 Å². The fraction of sp³-hybridized carbons (Fsp3) is 0.231. The topological polar surface area (TPSA) is 47.8 Å². The van der Waals surface area contributed by atoms with Crippen molar-refractivity contribution in [2.24, 2.45) is 0 Å². The first-order valence-electron chi connectivity index (χ1n) is 5.85. The summed E-state index contributed by atoms with van der Waals surface area (Å²) >= 11 is 3.08. The molecule has 0 aliphatic rings. The van der Waals surface area contributed by atoms with Gasteiger partial charge in [0.1, 0.15) is 5.56 Å². The molecule has 0 unspecified atom stereocenters. The van der Waals surface area contributed by atoms with Gasteiger partial charge in [-0.25, -0.2) is 4.79 Å². The molecule has 0 atom stereocenters. The molecule has 0 bridgehead atoms. The summed E-state index contributed by atoms with van der Waals surface area (Å²) in [6.45, 7) is 1.46. The van der Waals surface area contributed by atoms with Crippen molar-refractivity contribution in [3.8, 4) is 0 Å². The van der Waals surface area contributed by atoms with Crippen LogP contribution in [0.1, 0.15) is 22.8 Å². The van der Waals surface area contributed by atoms with Crippen LogP contribution in [0.3, 0.4) is 0 Å². The number of esters is 1. The number of nitrogens with zero attached hydrogens (tertiary/aromatic N) is 1. The van der Waals surface area contributed by atoms with E-state index >= 15 is 0 Å². The van der Waals surface area contributed by atoms with Crippen molar-refractivity contribution in [1.29, 1.82) is 0 Å². The molecule has 0 amide bonds. The lowest BCUT2D eigenvalue weighted by molar-refractivity contribution is -0.136. The molecular formula is C13H9BrF3NO3. The molecule has 112 valence electrons. The maximum atomic E-state index is 13.1. The number of halogens is 4. The van der Waals surface area contributed by atoms with Crippen LogP contribution in [0.2, 0.25) is 0 Å². The molecule has 2 heterocycles. The van der Waals surface area contributed by atoms with Crippen molar-refractivity contribution in [2.45, 2.75) is 13.1 Å². The van der Waals surface area contributed by atoms with Gasteiger partial charge in [0.15, 0.2) is 0 Å². The molecule has 0 N–H and O–H groups in total. The van der Waals surface area contributed by atoms with E-state index in [4.69, 9.17) is 0 Å². The number of rotatable bonds is 2. The molecule has 0 radical (unpaired) electrons. The van der Waals surface area contributed by atoms with E-state index < -0.39 is 28.8 Å². The van der Waals surface area contributed by atoms with Crippen molar-refractivity contribution < 1.29 is 22.7 Å². The number of alkyl halides is 3. The quantitative estimate of drug-likeness (QED) is 0.769. The highest BCUT2D eigenvalue weighted by Gasteiger charge is 2.35. The highest BCUT2D eigenvalue weighted by molar-refractivity contribution is 9.10. The molecule has 0 aromatic carbocycles. The summed E-state index contributed by atoms with van der Waals surface area (Å²) < 4.78 is 45.1. The largest absolute Gasteiger partial charge is 0.462 e. The Morgan fingerprint density at radius 2 is 2.05 bits per heavy atom. The van der Waals surface area contributed by atoms with E-state index in [0.29, 0.717) is 10.5 Å². The summed E-state index contributed by atoms with van der Waals surface area (Å²) in [4.78, 5) is 23.8. The lowest BCUT2D eigenvalue weighted by Crippen LogP contribution is -2.26. The highest BCUT2D eigenvalue weighted by atomic mass is 79.9. The summed E-state index contributed by atoms with van der Waals surface area (Å²) in [5.74, 6) is -1.08. The first kappa shape index (κ1) is 15.6. The number of carbonyl (C=O) groups is 1. The van der Waals surface area contributed by atoms with Gasteiger partial charge in [-0.3, -0.25) is 9.20 Å². The lowest BCUT2D eigenvalue weighted by atomic mass is 10.1. The summed E-state index contributed by atoms with van der Waals surface area (Å²) in [5, 5.41) is 0. The Morgan fingerprint density at radius 3 is 2.62 bits per heavy atom. The molecule has 21 heavy (non-hydrogen) atoms. The summed E-state index contributed by atoms with van der Waals surface area (Å²) in [7, 11) is 0. The minimum Gasteiger partial charge on any atom is -0.462 e. The van der Waals surface area contributed by atoms with Gasteiger partial charge in [-0.15, -0.1) is 0 Å². The maximum absolute atomic E-state index is 13.1. The smallest absolute Gasteiger partial charge is 0.418 e. The molecule has 4 nitrogen and oxygen atoms in total. The van der Waals surface area contributed by atoms with E-state index in [1.165, 1.54) is 19.2 Å². The van der Waals surface area contributed by atoms with Gasteiger partial charge in [-0.1, -0.05) is 0 Å². The zero-order valence-corrected chi connectivity index (χ0v) is 12.3. The normalized spacial score (nSPS) is 11.7. The number of fused-ring (bicyclic) bond motifs is 1.